The number of aliphatic hydroxyl groups is 1. The van der Waals surface area contributed by atoms with Crippen molar-refractivity contribution in [2.45, 2.75) is 38.6 Å². The molecule has 0 spiro atoms. The number of nitrogens with zero attached hydrogens (tertiary/aromatic N) is 3. The van der Waals surface area contributed by atoms with Crippen molar-refractivity contribution in [2.24, 2.45) is 0 Å². The van der Waals surface area contributed by atoms with Gasteiger partial charge in [-0.2, -0.15) is 0 Å². The van der Waals surface area contributed by atoms with Crippen LogP contribution in [0.2, 0.25) is 0 Å². The molecule has 2 aromatic carbocycles. The van der Waals surface area contributed by atoms with Crippen molar-refractivity contribution in [3.63, 3.8) is 0 Å². The molecule has 206 valence electrons. The third kappa shape index (κ3) is 8.32. The normalized spacial score (nSPS) is 12.5. The van der Waals surface area contributed by atoms with Crippen LogP contribution in [0.1, 0.15) is 42.5 Å². The van der Waals surface area contributed by atoms with E-state index in [2.05, 4.69) is 20.6 Å². The Bertz CT molecular complexity index is 1430. The molecule has 4 rings (SSSR count). The number of amides is 2. The Morgan fingerprint density at radius 3 is 2.55 bits per heavy atom. The lowest BCUT2D eigenvalue weighted by Crippen LogP contribution is -2.48. The van der Waals surface area contributed by atoms with Gasteiger partial charge < -0.3 is 20.6 Å². The van der Waals surface area contributed by atoms with E-state index in [0.29, 0.717) is 30.6 Å². The molecule has 0 fully saturated rings. The van der Waals surface area contributed by atoms with E-state index in [-0.39, 0.29) is 18.4 Å². The largest absolute Gasteiger partial charge is 0.390 e. The maximum absolute atomic E-state index is 13.3. The minimum absolute atomic E-state index is 0.196. The van der Waals surface area contributed by atoms with Crippen LogP contribution in [0.5, 0.6) is 0 Å². The fraction of sp³-hybridized carbons (Fsp3) is 0.267. The summed E-state index contributed by atoms with van der Waals surface area (Å²) < 4.78 is 0. The molecule has 0 bridgehead atoms. The summed E-state index contributed by atoms with van der Waals surface area (Å²) in [5.41, 5.74) is 4.78. The summed E-state index contributed by atoms with van der Waals surface area (Å²) in [7, 11) is 3.71. The lowest BCUT2D eigenvalue weighted by atomic mass is 9.97. The first-order valence-electron chi connectivity index (χ1n) is 13.2. The Labute approximate surface area is 239 Å². The van der Waals surface area contributed by atoms with Crippen LogP contribution in [-0.4, -0.2) is 65.4 Å². The molecule has 0 saturated carbocycles. The highest BCUT2D eigenvalue weighted by Crippen LogP contribution is 2.15. The summed E-state index contributed by atoms with van der Waals surface area (Å²) in [6.07, 6.45) is 3.20. The van der Waals surface area contributed by atoms with Crippen molar-refractivity contribution in [3.05, 3.63) is 111 Å². The minimum atomic E-state index is -0.848. The molecule has 0 unspecified atom stereocenters. The SMILES string of the molecule is Bc1cncc(CNC[C@@H](O)[C@H](Cc2ccccc2)NC(=O)c2cccc(C(=O)N(C)Cc3nc(C)cs3)c2)c1. The van der Waals surface area contributed by atoms with Gasteiger partial charge in [0, 0.05) is 54.7 Å². The number of thiazole rings is 1. The maximum Gasteiger partial charge on any atom is 0.253 e. The number of hydrogen-bond donors (Lipinski definition) is 3. The second-order valence-electron chi connectivity index (χ2n) is 9.96. The van der Waals surface area contributed by atoms with Crippen LogP contribution in [0.3, 0.4) is 0 Å². The zero-order valence-electron chi connectivity index (χ0n) is 23.0. The summed E-state index contributed by atoms with van der Waals surface area (Å²) in [6.45, 7) is 3.15. The molecule has 3 N–H and O–H groups in total. The molecule has 0 radical (unpaired) electrons. The fourth-order valence-electron chi connectivity index (χ4n) is 4.39. The van der Waals surface area contributed by atoms with Crippen molar-refractivity contribution in [1.82, 2.24) is 25.5 Å². The average Bonchev–Trinajstić information content (AvgIpc) is 3.37. The van der Waals surface area contributed by atoms with Gasteiger partial charge in [-0.1, -0.05) is 47.9 Å². The van der Waals surface area contributed by atoms with E-state index < -0.39 is 12.1 Å². The van der Waals surface area contributed by atoms with Crippen LogP contribution in [0, 0.1) is 6.92 Å². The van der Waals surface area contributed by atoms with Gasteiger partial charge in [0.15, 0.2) is 0 Å². The van der Waals surface area contributed by atoms with Crippen molar-refractivity contribution in [1.29, 1.82) is 0 Å². The van der Waals surface area contributed by atoms with Crippen molar-refractivity contribution >= 4 is 36.5 Å². The minimum Gasteiger partial charge on any atom is -0.390 e. The lowest BCUT2D eigenvalue weighted by molar-refractivity contribution is 0.0784. The third-order valence-electron chi connectivity index (χ3n) is 6.45. The lowest BCUT2D eigenvalue weighted by Gasteiger charge is -2.25. The van der Waals surface area contributed by atoms with Gasteiger partial charge in [-0.25, -0.2) is 4.98 Å². The number of carbonyl (C=O) groups is 2. The second kappa shape index (κ2) is 14.0. The number of rotatable bonds is 12. The van der Waals surface area contributed by atoms with Gasteiger partial charge >= 0.3 is 0 Å². The highest BCUT2D eigenvalue weighted by atomic mass is 32.1. The fourth-order valence-corrected chi connectivity index (χ4v) is 5.21. The van der Waals surface area contributed by atoms with Crippen molar-refractivity contribution in [2.75, 3.05) is 13.6 Å². The van der Waals surface area contributed by atoms with Gasteiger partial charge in [0.25, 0.3) is 11.8 Å². The summed E-state index contributed by atoms with van der Waals surface area (Å²) in [4.78, 5) is 36.6. The molecule has 0 aliphatic rings. The Morgan fingerprint density at radius 1 is 1.05 bits per heavy atom. The molecule has 10 heteroatoms. The molecule has 2 heterocycles. The summed E-state index contributed by atoms with van der Waals surface area (Å²) >= 11 is 1.51. The number of pyridine rings is 1. The topological polar surface area (TPSA) is 107 Å². The van der Waals surface area contributed by atoms with Crippen molar-refractivity contribution in [3.8, 4) is 0 Å². The van der Waals surface area contributed by atoms with Gasteiger partial charge in [0.2, 0.25) is 0 Å². The Balaban J connectivity index is 1.42. The number of carbonyl (C=O) groups excluding carboxylic acids is 2. The van der Waals surface area contributed by atoms with E-state index in [1.165, 1.54) is 11.3 Å². The number of aromatic nitrogens is 2. The Hall–Kier alpha value is -3.86. The summed E-state index contributed by atoms with van der Waals surface area (Å²) in [5, 5.41) is 20.2. The molecule has 2 aromatic heterocycles. The second-order valence-corrected chi connectivity index (χ2v) is 10.9. The molecule has 4 aromatic rings. The number of aryl methyl sites for hydroxylation is 1. The first-order valence-corrected chi connectivity index (χ1v) is 14.1. The van der Waals surface area contributed by atoms with Crippen LogP contribution in [0.25, 0.3) is 0 Å². The van der Waals surface area contributed by atoms with Crippen LogP contribution >= 0.6 is 11.3 Å². The van der Waals surface area contributed by atoms with E-state index in [9.17, 15) is 14.7 Å². The van der Waals surface area contributed by atoms with Gasteiger partial charge in [-0.3, -0.25) is 14.6 Å². The molecule has 0 saturated heterocycles. The average molecular weight is 556 g/mol. The smallest absolute Gasteiger partial charge is 0.253 e. The van der Waals surface area contributed by atoms with E-state index in [1.807, 2.05) is 56.5 Å². The molecule has 2 amide bonds. The Morgan fingerprint density at radius 2 is 1.82 bits per heavy atom. The van der Waals surface area contributed by atoms with Crippen LogP contribution in [0.4, 0.5) is 0 Å². The number of nitrogens with one attached hydrogen (secondary N) is 2. The van der Waals surface area contributed by atoms with Crippen LogP contribution < -0.4 is 16.1 Å². The highest BCUT2D eigenvalue weighted by Gasteiger charge is 2.23. The van der Waals surface area contributed by atoms with E-state index in [4.69, 9.17) is 0 Å². The quantitative estimate of drug-likeness (QED) is 0.231. The maximum atomic E-state index is 13.3. The molecule has 8 nitrogen and oxygen atoms in total. The standard InChI is InChI=1S/C30H34BN5O3S/c1-20-19-40-28(34-20)18-36(2)30(39)24-10-6-9-23(13-24)29(38)35-26(12-21-7-4-3-5-8-21)27(37)17-33-15-22-11-25(31)16-32-14-22/h3-11,13-14,16,19,26-27,33,37H,12,15,17-18,31H2,1-2H3,(H,35,38)/t26-,27+/m0/s1. The highest BCUT2D eigenvalue weighted by molar-refractivity contribution is 7.09. The number of hydrogen-bond acceptors (Lipinski definition) is 7. The first-order chi connectivity index (χ1) is 19.3. The predicted molar refractivity (Wildman–Crippen MR) is 161 cm³/mol. The summed E-state index contributed by atoms with van der Waals surface area (Å²) in [6, 6.07) is 17.9. The first kappa shape index (κ1) is 29.1. The van der Waals surface area contributed by atoms with Gasteiger partial charge in [-0.15, -0.1) is 11.3 Å². The van der Waals surface area contributed by atoms with Gasteiger partial charge in [0.1, 0.15) is 12.9 Å². The van der Waals surface area contributed by atoms with Gasteiger partial charge in [0.05, 0.1) is 18.7 Å². The molecular weight excluding hydrogens is 521 g/mol. The third-order valence-corrected chi connectivity index (χ3v) is 7.40. The molecule has 40 heavy (non-hydrogen) atoms. The van der Waals surface area contributed by atoms with E-state index >= 15 is 0 Å². The molecule has 0 aliphatic heterocycles. The zero-order valence-corrected chi connectivity index (χ0v) is 23.8. The molecular formula is C30H34BN5O3S. The predicted octanol–water partition coefficient (Wildman–Crippen LogP) is 1.87. The van der Waals surface area contributed by atoms with Crippen LogP contribution in [0.15, 0.2) is 78.4 Å². The van der Waals surface area contributed by atoms with Crippen LogP contribution in [-0.2, 0) is 19.5 Å². The van der Waals surface area contributed by atoms with Crippen molar-refractivity contribution < 1.29 is 14.7 Å². The summed E-state index contributed by atoms with van der Waals surface area (Å²) in [5.74, 6) is -0.547. The van der Waals surface area contributed by atoms with E-state index in [1.54, 1.807) is 48.6 Å². The monoisotopic (exact) mass is 555 g/mol. The Kier molecular flexibility index (Phi) is 10.2. The number of aliphatic hydroxyl groups excluding tert-OH is 1. The van der Waals surface area contributed by atoms with Gasteiger partial charge in [-0.05, 0) is 42.7 Å². The molecule has 2 atom stereocenters. The molecule has 0 aliphatic carbocycles. The van der Waals surface area contributed by atoms with E-state index in [0.717, 1.165) is 27.3 Å². The number of benzene rings is 2. The zero-order chi connectivity index (χ0) is 28.5.